The maximum Gasteiger partial charge on any atom is 0.276 e. The second kappa shape index (κ2) is 8.34. The lowest BCUT2D eigenvalue weighted by Crippen LogP contribution is -2.13. The summed E-state index contributed by atoms with van der Waals surface area (Å²) in [6.07, 6.45) is 0. The van der Waals surface area contributed by atoms with E-state index in [4.69, 9.17) is 23.2 Å². The van der Waals surface area contributed by atoms with Crippen molar-refractivity contribution in [1.29, 1.82) is 0 Å². The van der Waals surface area contributed by atoms with Crippen LogP contribution in [0, 0.1) is 13.8 Å². The normalized spacial score (nSPS) is 10.8. The zero-order chi connectivity index (χ0) is 21.3. The van der Waals surface area contributed by atoms with Crippen LogP contribution >= 0.6 is 23.2 Å². The predicted octanol–water partition coefficient (Wildman–Crippen LogP) is 6.72. The van der Waals surface area contributed by atoms with E-state index in [2.05, 4.69) is 10.4 Å². The average molecular weight is 436 g/mol. The third-order valence-corrected chi connectivity index (χ3v) is 5.59. The fourth-order valence-corrected chi connectivity index (χ4v) is 3.44. The lowest BCUT2D eigenvalue weighted by molar-refractivity contribution is 0.102. The van der Waals surface area contributed by atoms with E-state index in [9.17, 15) is 4.79 Å². The molecule has 4 rings (SSSR count). The van der Waals surface area contributed by atoms with E-state index >= 15 is 0 Å². The number of halogens is 2. The fraction of sp³-hybridized carbons (Fsp3) is 0.0833. The highest BCUT2D eigenvalue weighted by molar-refractivity contribution is 6.44. The van der Waals surface area contributed by atoms with Gasteiger partial charge in [-0.15, -0.1) is 0 Å². The summed E-state index contributed by atoms with van der Waals surface area (Å²) >= 11 is 12.3. The van der Waals surface area contributed by atoms with Gasteiger partial charge in [-0.3, -0.25) is 4.79 Å². The molecule has 0 radical (unpaired) electrons. The van der Waals surface area contributed by atoms with E-state index in [1.165, 1.54) is 0 Å². The van der Waals surface area contributed by atoms with E-state index in [-0.39, 0.29) is 11.6 Å². The van der Waals surface area contributed by atoms with Gasteiger partial charge in [0.15, 0.2) is 5.69 Å². The molecule has 1 amide bonds. The standard InChI is InChI=1S/C24H19Cl2N3O/c1-15-6-10-17(11-7-15)22-14-21(28-29(22)18-12-8-16(2)9-13-18)24(30)27-20-5-3-4-19(25)23(20)26/h3-14H,1-2H3,(H,27,30). The first kappa shape index (κ1) is 20.2. The van der Waals surface area contributed by atoms with Crippen LogP contribution in [0.3, 0.4) is 0 Å². The molecule has 3 aromatic carbocycles. The summed E-state index contributed by atoms with van der Waals surface area (Å²) in [5, 5.41) is 8.05. The second-order valence-corrected chi connectivity index (χ2v) is 7.87. The number of carbonyl (C=O) groups excluding carboxylic acids is 1. The number of amides is 1. The molecule has 0 spiro atoms. The Morgan fingerprint density at radius 3 is 2.20 bits per heavy atom. The van der Waals surface area contributed by atoms with E-state index < -0.39 is 0 Å². The zero-order valence-electron chi connectivity index (χ0n) is 16.5. The van der Waals surface area contributed by atoms with E-state index in [0.717, 1.165) is 28.1 Å². The Morgan fingerprint density at radius 1 is 0.900 bits per heavy atom. The highest BCUT2D eigenvalue weighted by Crippen LogP contribution is 2.30. The summed E-state index contributed by atoms with van der Waals surface area (Å²) < 4.78 is 1.78. The van der Waals surface area contributed by atoms with Crippen LogP contribution in [0.25, 0.3) is 16.9 Å². The van der Waals surface area contributed by atoms with Crippen LogP contribution in [-0.4, -0.2) is 15.7 Å². The van der Waals surface area contributed by atoms with Gasteiger partial charge in [0.1, 0.15) is 0 Å². The Bertz CT molecular complexity index is 1150. The molecule has 150 valence electrons. The topological polar surface area (TPSA) is 46.9 Å². The lowest BCUT2D eigenvalue weighted by Gasteiger charge is -2.08. The number of carbonyl (C=O) groups is 1. The molecule has 0 aliphatic heterocycles. The molecule has 4 aromatic rings. The summed E-state index contributed by atoms with van der Waals surface area (Å²) in [6, 6.07) is 23.0. The number of nitrogens with one attached hydrogen (secondary N) is 1. The SMILES string of the molecule is Cc1ccc(-c2cc(C(=O)Nc3cccc(Cl)c3Cl)nn2-c2ccc(C)cc2)cc1. The molecule has 4 nitrogen and oxygen atoms in total. The van der Waals surface area contributed by atoms with Crippen molar-refractivity contribution in [3.05, 3.63) is 99.7 Å². The van der Waals surface area contributed by atoms with Crippen molar-refractivity contribution >= 4 is 34.8 Å². The number of hydrogen-bond donors (Lipinski definition) is 1. The number of aromatic nitrogens is 2. The minimum atomic E-state index is -0.363. The van der Waals surface area contributed by atoms with Crippen LogP contribution in [0.15, 0.2) is 72.8 Å². The molecule has 0 saturated heterocycles. The van der Waals surface area contributed by atoms with Crippen molar-refractivity contribution in [2.45, 2.75) is 13.8 Å². The van der Waals surface area contributed by atoms with Gasteiger partial charge >= 0.3 is 0 Å². The number of hydrogen-bond acceptors (Lipinski definition) is 2. The Balaban J connectivity index is 1.76. The molecule has 1 aromatic heterocycles. The largest absolute Gasteiger partial charge is 0.319 e. The van der Waals surface area contributed by atoms with Gasteiger partial charge in [-0.2, -0.15) is 5.10 Å². The van der Waals surface area contributed by atoms with Gasteiger partial charge in [-0.25, -0.2) is 4.68 Å². The van der Waals surface area contributed by atoms with E-state index in [0.29, 0.717) is 15.7 Å². The average Bonchev–Trinajstić information content (AvgIpc) is 3.18. The third-order valence-electron chi connectivity index (χ3n) is 4.77. The van der Waals surface area contributed by atoms with Gasteiger partial charge < -0.3 is 5.32 Å². The van der Waals surface area contributed by atoms with Gasteiger partial charge in [0.25, 0.3) is 5.91 Å². The molecule has 0 fully saturated rings. The first-order chi connectivity index (χ1) is 14.4. The molecular formula is C24H19Cl2N3O. The summed E-state index contributed by atoms with van der Waals surface area (Å²) in [5.41, 5.74) is 5.69. The molecular weight excluding hydrogens is 417 g/mol. The van der Waals surface area contributed by atoms with Crippen molar-refractivity contribution in [1.82, 2.24) is 9.78 Å². The van der Waals surface area contributed by atoms with Gasteiger partial charge in [-0.1, -0.05) is 76.8 Å². The van der Waals surface area contributed by atoms with E-state index in [1.807, 2.05) is 62.4 Å². The molecule has 0 aliphatic rings. The molecule has 0 unspecified atom stereocenters. The minimum Gasteiger partial charge on any atom is -0.319 e. The highest BCUT2D eigenvalue weighted by atomic mass is 35.5. The summed E-state index contributed by atoms with van der Waals surface area (Å²) in [6.45, 7) is 4.07. The van der Waals surface area contributed by atoms with Crippen molar-refractivity contribution in [3.8, 4) is 16.9 Å². The smallest absolute Gasteiger partial charge is 0.276 e. The summed E-state index contributed by atoms with van der Waals surface area (Å²) in [4.78, 5) is 12.9. The summed E-state index contributed by atoms with van der Waals surface area (Å²) in [5.74, 6) is -0.363. The number of rotatable bonds is 4. The Kier molecular flexibility index (Phi) is 5.62. The van der Waals surface area contributed by atoms with Crippen LogP contribution in [0.5, 0.6) is 0 Å². The Hall–Kier alpha value is -3.08. The second-order valence-electron chi connectivity index (χ2n) is 7.08. The number of nitrogens with zero attached hydrogens (tertiary/aromatic N) is 2. The zero-order valence-corrected chi connectivity index (χ0v) is 18.0. The Labute approximate surface area is 185 Å². The number of anilines is 1. The van der Waals surface area contributed by atoms with Gasteiger partial charge in [0.2, 0.25) is 0 Å². The Morgan fingerprint density at radius 2 is 1.53 bits per heavy atom. The molecule has 1 N–H and O–H groups in total. The van der Waals surface area contributed by atoms with Gasteiger partial charge in [-0.05, 0) is 44.2 Å². The van der Waals surface area contributed by atoms with Gasteiger partial charge in [0, 0.05) is 5.56 Å². The third kappa shape index (κ3) is 4.11. The summed E-state index contributed by atoms with van der Waals surface area (Å²) in [7, 11) is 0. The molecule has 0 bridgehead atoms. The first-order valence-corrected chi connectivity index (χ1v) is 10.2. The molecule has 1 heterocycles. The minimum absolute atomic E-state index is 0.280. The van der Waals surface area contributed by atoms with Gasteiger partial charge in [0.05, 0.1) is 27.1 Å². The lowest BCUT2D eigenvalue weighted by atomic mass is 10.1. The first-order valence-electron chi connectivity index (χ1n) is 9.42. The molecule has 0 aliphatic carbocycles. The highest BCUT2D eigenvalue weighted by Gasteiger charge is 2.18. The van der Waals surface area contributed by atoms with Crippen molar-refractivity contribution in [2.24, 2.45) is 0 Å². The number of aryl methyl sites for hydroxylation is 2. The van der Waals surface area contributed by atoms with Crippen molar-refractivity contribution in [2.75, 3.05) is 5.32 Å². The van der Waals surface area contributed by atoms with Crippen LogP contribution in [0.2, 0.25) is 10.0 Å². The van der Waals surface area contributed by atoms with Crippen LogP contribution in [0.4, 0.5) is 5.69 Å². The maximum atomic E-state index is 12.9. The predicted molar refractivity (Wildman–Crippen MR) is 123 cm³/mol. The molecule has 6 heteroatoms. The molecule has 0 saturated carbocycles. The van der Waals surface area contributed by atoms with Crippen molar-refractivity contribution < 1.29 is 4.79 Å². The van der Waals surface area contributed by atoms with Crippen molar-refractivity contribution in [3.63, 3.8) is 0 Å². The van der Waals surface area contributed by atoms with Crippen LogP contribution in [-0.2, 0) is 0 Å². The van der Waals surface area contributed by atoms with Crippen LogP contribution < -0.4 is 5.32 Å². The molecule has 0 atom stereocenters. The van der Waals surface area contributed by atoms with Crippen LogP contribution in [0.1, 0.15) is 21.6 Å². The van der Waals surface area contributed by atoms with E-state index in [1.54, 1.807) is 28.9 Å². The number of benzene rings is 3. The fourth-order valence-electron chi connectivity index (χ4n) is 3.09. The monoisotopic (exact) mass is 435 g/mol. The molecule has 30 heavy (non-hydrogen) atoms. The maximum absolute atomic E-state index is 12.9. The quantitative estimate of drug-likeness (QED) is 0.386.